The molecule has 0 radical (unpaired) electrons. The van der Waals surface area contributed by atoms with Crippen molar-refractivity contribution in [3.05, 3.63) is 71.5 Å². The minimum atomic E-state index is -0.447. The number of amides is 1. The van der Waals surface area contributed by atoms with Crippen LogP contribution in [0.3, 0.4) is 0 Å². The third kappa shape index (κ3) is 3.90. The fourth-order valence-electron chi connectivity index (χ4n) is 2.00. The van der Waals surface area contributed by atoms with Crippen LogP contribution in [0.25, 0.3) is 0 Å². The first kappa shape index (κ1) is 14.2. The lowest BCUT2D eigenvalue weighted by atomic mass is 10.1. The smallest absolute Gasteiger partial charge is 0.224 e. The molecule has 3 nitrogen and oxygen atoms in total. The van der Waals surface area contributed by atoms with Gasteiger partial charge in [-0.3, -0.25) is 4.79 Å². The summed E-state index contributed by atoms with van der Waals surface area (Å²) in [5.41, 5.74) is 1.44. The quantitative estimate of drug-likeness (QED) is 0.877. The summed E-state index contributed by atoms with van der Waals surface area (Å²) in [6, 6.07) is 14.7. The number of aliphatic hydroxyl groups is 1. The van der Waals surface area contributed by atoms with Gasteiger partial charge in [0, 0.05) is 0 Å². The lowest BCUT2D eigenvalue weighted by Crippen LogP contribution is -2.31. The Labute approximate surface area is 117 Å². The molecule has 0 aromatic heterocycles. The molecule has 2 aromatic rings. The first-order chi connectivity index (χ1) is 9.69. The van der Waals surface area contributed by atoms with E-state index in [0.717, 1.165) is 5.56 Å². The van der Waals surface area contributed by atoms with E-state index in [4.69, 9.17) is 0 Å². The first-order valence-electron chi connectivity index (χ1n) is 6.38. The normalized spacial score (nSPS) is 11.9. The number of hydrogen-bond donors (Lipinski definition) is 2. The SMILES string of the molecule is O=C(Cc1cccc(F)c1)N[C@H](CO)c1ccccc1. The number of hydrogen-bond acceptors (Lipinski definition) is 2. The molecule has 0 unspecified atom stereocenters. The van der Waals surface area contributed by atoms with E-state index in [1.807, 2.05) is 30.3 Å². The molecular weight excluding hydrogens is 257 g/mol. The van der Waals surface area contributed by atoms with Gasteiger partial charge in [0.25, 0.3) is 0 Å². The largest absolute Gasteiger partial charge is 0.394 e. The molecule has 0 saturated carbocycles. The number of carbonyl (C=O) groups is 1. The van der Waals surface area contributed by atoms with Gasteiger partial charge in [0.1, 0.15) is 5.82 Å². The number of benzene rings is 2. The van der Waals surface area contributed by atoms with Gasteiger partial charge in [-0.15, -0.1) is 0 Å². The van der Waals surface area contributed by atoms with Crippen molar-refractivity contribution >= 4 is 5.91 Å². The van der Waals surface area contributed by atoms with E-state index >= 15 is 0 Å². The third-order valence-corrected chi connectivity index (χ3v) is 2.97. The van der Waals surface area contributed by atoms with Crippen molar-refractivity contribution in [1.29, 1.82) is 0 Å². The highest BCUT2D eigenvalue weighted by atomic mass is 19.1. The maximum atomic E-state index is 13.0. The molecule has 1 atom stereocenters. The fraction of sp³-hybridized carbons (Fsp3) is 0.188. The van der Waals surface area contributed by atoms with Crippen LogP contribution in [0.15, 0.2) is 54.6 Å². The van der Waals surface area contributed by atoms with Gasteiger partial charge >= 0.3 is 0 Å². The molecule has 0 aliphatic rings. The molecular formula is C16H16FNO2. The summed E-state index contributed by atoms with van der Waals surface area (Å²) in [6.07, 6.45) is 0.0844. The Morgan fingerprint density at radius 2 is 1.90 bits per heavy atom. The zero-order valence-electron chi connectivity index (χ0n) is 10.9. The van der Waals surface area contributed by atoms with E-state index < -0.39 is 6.04 Å². The van der Waals surface area contributed by atoms with Crippen molar-refractivity contribution in [3.63, 3.8) is 0 Å². The van der Waals surface area contributed by atoms with Crippen LogP contribution in [0.5, 0.6) is 0 Å². The summed E-state index contributed by atoms with van der Waals surface area (Å²) in [5.74, 6) is -0.615. The topological polar surface area (TPSA) is 49.3 Å². The van der Waals surface area contributed by atoms with Crippen molar-refractivity contribution in [1.82, 2.24) is 5.32 Å². The second kappa shape index (κ2) is 6.82. The van der Waals surface area contributed by atoms with Crippen molar-refractivity contribution in [3.8, 4) is 0 Å². The first-order valence-corrected chi connectivity index (χ1v) is 6.38. The van der Waals surface area contributed by atoms with Gasteiger partial charge in [0.05, 0.1) is 19.1 Å². The van der Waals surface area contributed by atoms with Crippen LogP contribution in [-0.4, -0.2) is 17.6 Å². The average Bonchev–Trinajstić information content (AvgIpc) is 2.45. The molecule has 0 aliphatic carbocycles. The zero-order valence-corrected chi connectivity index (χ0v) is 10.9. The molecule has 0 spiro atoms. The Balaban J connectivity index is 2.00. The predicted molar refractivity (Wildman–Crippen MR) is 74.5 cm³/mol. The van der Waals surface area contributed by atoms with Gasteiger partial charge in [-0.1, -0.05) is 42.5 Å². The molecule has 1 amide bonds. The summed E-state index contributed by atoms with van der Waals surface area (Å²) in [4.78, 5) is 11.9. The zero-order chi connectivity index (χ0) is 14.4. The maximum absolute atomic E-state index is 13.0. The molecule has 20 heavy (non-hydrogen) atoms. The van der Waals surface area contributed by atoms with Crippen LogP contribution < -0.4 is 5.32 Å². The van der Waals surface area contributed by atoms with E-state index in [9.17, 15) is 14.3 Å². The van der Waals surface area contributed by atoms with E-state index in [1.165, 1.54) is 12.1 Å². The Hall–Kier alpha value is -2.20. The lowest BCUT2D eigenvalue weighted by Gasteiger charge is -2.16. The summed E-state index contributed by atoms with van der Waals surface area (Å²) >= 11 is 0. The Bertz CT molecular complexity index is 572. The standard InChI is InChI=1S/C16H16FNO2/c17-14-8-4-5-12(9-14)10-16(20)18-15(11-19)13-6-2-1-3-7-13/h1-9,15,19H,10-11H2,(H,18,20)/t15-/m1/s1. The van der Waals surface area contributed by atoms with E-state index in [0.29, 0.717) is 5.56 Å². The molecule has 2 rings (SSSR count). The molecule has 4 heteroatoms. The lowest BCUT2D eigenvalue weighted by molar-refractivity contribution is -0.121. The van der Waals surface area contributed by atoms with Crippen LogP contribution in [-0.2, 0) is 11.2 Å². The van der Waals surface area contributed by atoms with Crippen molar-refractivity contribution < 1.29 is 14.3 Å². The number of carbonyl (C=O) groups excluding carboxylic acids is 1. The van der Waals surface area contributed by atoms with Crippen molar-refractivity contribution in [2.24, 2.45) is 0 Å². The Morgan fingerprint density at radius 1 is 1.15 bits per heavy atom. The maximum Gasteiger partial charge on any atom is 0.224 e. The van der Waals surface area contributed by atoms with Gasteiger partial charge in [-0.2, -0.15) is 0 Å². The predicted octanol–water partition coefficient (Wildman–Crippen LogP) is 2.22. The number of halogens is 1. The van der Waals surface area contributed by atoms with Crippen LogP contribution >= 0.6 is 0 Å². The minimum Gasteiger partial charge on any atom is -0.394 e. The highest BCUT2D eigenvalue weighted by molar-refractivity contribution is 5.79. The third-order valence-electron chi connectivity index (χ3n) is 2.97. The summed E-state index contributed by atoms with van der Waals surface area (Å²) < 4.78 is 13.0. The van der Waals surface area contributed by atoms with Gasteiger partial charge in [-0.25, -0.2) is 4.39 Å². The van der Waals surface area contributed by atoms with Crippen LogP contribution in [0.2, 0.25) is 0 Å². The number of rotatable bonds is 5. The molecule has 104 valence electrons. The Kier molecular flexibility index (Phi) is 4.85. The van der Waals surface area contributed by atoms with E-state index in [-0.39, 0.29) is 24.8 Å². The van der Waals surface area contributed by atoms with Gasteiger partial charge in [0.15, 0.2) is 0 Å². The molecule has 0 aliphatic heterocycles. The number of aliphatic hydroxyl groups excluding tert-OH is 1. The minimum absolute atomic E-state index is 0.0844. The second-order valence-corrected chi connectivity index (χ2v) is 4.52. The second-order valence-electron chi connectivity index (χ2n) is 4.52. The van der Waals surface area contributed by atoms with Gasteiger partial charge in [-0.05, 0) is 23.3 Å². The van der Waals surface area contributed by atoms with Crippen LogP contribution in [0.1, 0.15) is 17.2 Å². The molecule has 2 aromatic carbocycles. The molecule has 0 saturated heterocycles. The van der Waals surface area contributed by atoms with Crippen LogP contribution in [0, 0.1) is 5.82 Å². The van der Waals surface area contributed by atoms with Gasteiger partial charge < -0.3 is 10.4 Å². The summed E-state index contributed by atoms with van der Waals surface area (Å²) in [5, 5.41) is 12.1. The average molecular weight is 273 g/mol. The van der Waals surface area contributed by atoms with Crippen molar-refractivity contribution in [2.75, 3.05) is 6.61 Å². The summed E-state index contributed by atoms with van der Waals surface area (Å²) in [7, 11) is 0. The van der Waals surface area contributed by atoms with E-state index in [2.05, 4.69) is 5.32 Å². The van der Waals surface area contributed by atoms with Crippen LogP contribution in [0.4, 0.5) is 4.39 Å². The highest BCUT2D eigenvalue weighted by Crippen LogP contribution is 2.12. The molecule has 0 fully saturated rings. The molecule has 2 N–H and O–H groups in total. The van der Waals surface area contributed by atoms with Crippen molar-refractivity contribution in [2.45, 2.75) is 12.5 Å². The highest BCUT2D eigenvalue weighted by Gasteiger charge is 2.13. The molecule has 0 bridgehead atoms. The Morgan fingerprint density at radius 3 is 2.55 bits per heavy atom. The molecule has 0 heterocycles. The fourth-order valence-corrected chi connectivity index (χ4v) is 2.00. The summed E-state index contributed by atoms with van der Waals surface area (Å²) in [6.45, 7) is -0.182. The van der Waals surface area contributed by atoms with Gasteiger partial charge in [0.2, 0.25) is 5.91 Å². The number of nitrogens with one attached hydrogen (secondary N) is 1. The monoisotopic (exact) mass is 273 g/mol. The van der Waals surface area contributed by atoms with E-state index in [1.54, 1.807) is 12.1 Å².